The van der Waals surface area contributed by atoms with E-state index >= 15 is 0 Å². The van der Waals surface area contributed by atoms with Crippen molar-refractivity contribution >= 4 is 42.4 Å². The minimum Gasteiger partial charge on any atom is -0.294 e. The molecule has 8 heteroatoms. The van der Waals surface area contributed by atoms with Crippen LogP contribution in [-0.2, 0) is 12.8 Å². The number of hydrogen-bond donors (Lipinski definition) is 2. The van der Waals surface area contributed by atoms with Gasteiger partial charge < -0.3 is 0 Å². The van der Waals surface area contributed by atoms with Crippen LogP contribution in [0.2, 0.25) is 0 Å². The van der Waals surface area contributed by atoms with Crippen molar-refractivity contribution in [1.29, 1.82) is 0 Å². The molecule has 3 rings (SSSR count). The number of halogens is 4. The lowest BCUT2D eigenvalue weighted by molar-refractivity contribution is 0.0936. The number of thiol groups is 2. The first-order chi connectivity index (χ1) is 11.4. The Balaban J connectivity index is 0.00000100. The molecule has 24 heavy (non-hydrogen) atoms. The van der Waals surface area contributed by atoms with Crippen molar-refractivity contribution in [3.8, 4) is 0 Å². The third-order valence-corrected chi connectivity index (χ3v) is 3.90. The second-order valence-corrected chi connectivity index (χ2v) is 5.36. The minimum atomic E-state index is -1.08. The lowest BCUT2D eigenvalue weighted by atomic mass is 9.84. The summed E-state index contributed by atoms with van der Waals surface area (Å²) in [5.41, 5.74) is 0.881. The van der Waals surface area contributed by atoms with E-state index in [-0.39, 0.29) is 29.7 Å². The summed E-state index contributed by atoms with van der Waals surface area (Å²) in [5.74, 6) is -5.16. The monoisotopic (exact) mass is 370 g/mol. The number of hydrogen-bond acceptors (Lipinski definition) is 3. The molecule has 1 aliphatic carbocycles. The van der Waals surface area contributed by atoms with Gasteiger partial charge in [-0.25, -0.2) is 17.6 Å². The summed E-state index contributed by atoms with van der Waals surface area (Å²) >= 11 is 6.44. The number of Topliss-reactive ketones (excluding diaryl/α,β-unsaturated/α-hetero) is 1. The second kappa shape index (κ2) is 7.65. The molecule has 124 valence electrons. The summed E-state index contributed by atoms with van der Waals surface area (Å²) in [6.45, 7) is 0. The molecule has 0 bridgehead atoms. The number of ketones is 1. The van der Waals surface area contributed by atoms with Crippen molar-refractivity contribution < 1.29 is 22.4 Å². The molecule has 2 aromatic rings. The van der Waals surface area contributed by atoms with E-state index in [0.717, 1.165) is 24.3 Å². The van der Waals surface area contributed by atoms with Crippen LogP contribution >= 0.6 is 23.3 Å². The van der Waals surface area contributed by atoms with Crippen molar-refractivity contribution in [1.82, 2.24) is 0 Å². The predicted molar refractivity (Wildman–Crippen MR) is 91.3 cm³/mol. The number of carbonyl (C=O) groups excluding carboxylic acids is 1. The smallest absolute Gasteiger partial charge is 0.166 e. The van der Waals surface area contributed by atoms with E-state index in [4.69, 9.17) is 7.85 Å². The third kappa shape index (κ3) is 3.64. The van der Waals surface area contributed by atoms with Crippen LogP contribution in [0.4, 0.5) is 17.6 Å². The van der Waals surface area contributed by atoms with E-state index in [0.29, 0.717) is 11.1 Å². The summed E-state index contributed by atoms with van der Waals surface area (Å²) < 4.78 is 52.8. The van der Waals surface area contributed by atoms with Gasteiger partial charge >= 0.3 is 0 Å². The van der Waals surface area contributed by atoms with Crippen LogP contribution in [0.3, 0.4) is 0 Å². The van der Waals surface area contributed by atoms with Gasteiger partial charge in [0.25, 0.3) is 0 Å². The molecule has 0 amide bonds. The largest absolute Gasteiger partial charge is 0.294 e. The van der Waals surface area contributed by atoms with Crippen LogP contribution in [0, 0.1) is 29.2 Å². The zero-order chi connectivity index (χ0) is 18.0. The molecule has 2 radical (unpaired) electrons. The first-order valence-electron chi connectivity index (χ1n) is 6.82. The standard InChI is InChI=1S/C16H9BF4O.H2S2/c17-11-6-15(21)13(19)4-8(11)2-9-1-7-3-12(18)14(20)5-10(7)16(9)22;1-2/h3-6,9H,1-2H2;1-2H. The van der Waals surface area contributed by atoms with Crippen LogP contribution in [0.1, 0.15) is 21.5 Å². The Morgan fingerprint density at radius 3 is 2.17 bits per heavy atom. The Labute approximate surface area is 148 Å². The van der Waals surface area contributed by atoms with Crippen molar-refractivity contribution in [2.24, 2.45) is 5.92 Å². The molecule has 1 aliphatic rings. The third-order valence-electron chi connectivity index (χ3n) is 3.90. The molecular weight excluding hydrogens is 359 g/mol. The predicted octanol–water partition coefficient (Wildman–Crippen LogP) is 3.40. The Bertz CT molecular complexity index is 798. The Hall–Kier alpha value is -1.41. The molecule has 1 unspecified atom stereocenters. The fraction of sp³-hybridized carbons (Fsp3) is 0.188. The van der Waals surface area contributed by atoms with Gasteiger partial charge in [-0.2, -0.15) is 0 Å². The number of benzene rings is 2. The summed E-state index contributed by atoms with van der Waals surface area (Å²) in [6.07, 6.45) is 0.295. The molecule has 0 N–H and O–H groups in total. The Morgan fingerprint density at radius 2 is 1.50 bits per heavy atom. The van der Waals surface area contributed by atoms with Gasteiger partial charge in [-0.3, -0.25) is 4.79 Å². The zero-order valence-electron chi connectivity index (χ0n) is 12.2. The van der Waals surface area contributed by atoms with Gasteiger partial charge in [0.2, 0.25) is 0 Å². The van der Waals surface area contributed by atoms with Crippen molar-refractivity contribution in [3.63, 3.8) is 0 Å². The molecule has 1 atom stereocenters. The van der Waals surface area contributed by atoms with E-state index in [9.17, 15) is 22.4 Å². The summed E-state index contributed by atoms with van der Waals surface area (Å²) in [4.78, 5) is 12.2. The quantitative estimate of drug-likeness (QED) is 0.359. The van der Waals surface area contributed by atoms with Crippen LogP contribution in [0.25, 0.3) is 0 Å². The number of carbonyl (C=O) groups is 1. The lowest BCUT2D eigenvalue weighted by Crippen LogP contribution is -2.19. The summed E-state index contributed by atoms with van der Waals surface area (Å²) in [7, 11) is 5.63. The highest BCUT2D eigenvalue weighted by Gasteiger charge is 2.32. The van der Waals surface area contributed by atoms with Crippen molar-refractivity contribution in [3.05, 3.63) is 64.2 Å². The van der Waals surface area contributed by atoms with Gasteiger partial charge in [-0.1, -0.05) is 11.0 Å². The first-order valence-corrected chi connectivity index (χ1v) is 8.42. The fourth-order valence-electron chi connectivity index (χ4n) is 2.77. The van der Waals surface area contributed by atoms with Gasteiger partial charge in [0.15, 0.2) is 29.1 Å². The Morgan fingerprint density at radius 1 is 0.958 bits per heavy atom. The highest BCUT2D eigenvalue weighted by molar-refractivity contribution is 8.59. The van der Waals surface area contributed by atoms with Gasteiger partial charge in [-0.05, 0) is 42.7 Å². The average Bonchev–Trinajstić information content (AvgIpc) is 2.83. The summed E-state index contributed by atoms with van der Waals surface area (Å²) in [6, 6.07) is 3.68. The Kier molecular flexibility index (Phi) is 6.04. The van der Waals surface area contributed by atoms with E-state index in [1.807, 2.05) is 0 Å². The molecule has 0 saturated carbocycles. The highest BCUT2D eigenvalue weighted by Crippen LogP contribution is 2.30. The molecule has 0 aromatic heterocycles. The molecule has 0 saturated heterocycles. The van der Waals surface area contributed by atoms with Gasteiger partial charge in [0.1, 0.15) is 7.85 Å². The minimum absolute atomic E-state index is 0.0417. The number of rotatable bonds is 2. The van der Waals surface area contributed by atoms with Gasteiger partial charge in [0.05, 0.1) is 0 Å². The molecule has 0 heterocycles. The molecular formula is C16H11BF4OS2. The second-order valence-electron chi connectivity index (χ2n) is 5.36. The zero-order valence-corrected chi connectivity index (χ0v) is 14.0. The SMILES string of the molecule is SS.[B]c1cc(F)c(F)cc1CC1Cc2cc(F)c(F)cc2C1=O. The molecule has 0 spiro atoms. The molecule has 1 nitrogen and oxygen atoms in total. The molecule has 2 aromatic carbocycles. The summed E-state index contributed by atoms with van der Waals surface area (Å²) in [5, 5.41) is 0. The topological polar surface area (TPSA) is 17.1 Å². The first kappa shape index (κ1) is 18.9. The van der Waals surface area contributed by atoms with E-state index in [1.54, 1.807) is 0 Å². The van der Waals surface area contributed by atoms with E-state index in [1.165, 1.54) is 0 Å². The number of fused-ring (bicyclic) bond motifs is 1. The van der Waals surface area contributed by atoms with E-state index < -0.39 is 29.2 Å². The van der Waals surface area contributed by atoms with Crippen LogP contribution < -0.4 is 5.46 Å². The molecule has 0 fully saturated rings. The van der Waals surface area contributed by atoms with E-state index in [2.05, 4.69) is 23.3 Å². The average molecular weight is 370 g/mol. The van der Waals surface area contributed by atoms with Crippen LogP contribution in [0.5, 0.6) is 0 Å². The molecule has 0 aliphatic heterocycles. The van der Waals surface area contributed by atoms with Gasteiger partial charge in [0, 0.05) is 11.5 Å². The highest BCUT2D eigenvalue weighted by atomic mass is 33.1. The van der Waals surface area contributed by atoms with Crippen LogP contribution in [0.15, 0.2) is 24.3 Å². The van der Waals surface area contributed by atoms with Crippen LogP contribution in [-0.4, -0.2) is 13.6 Å². The normalized spacial score (nSPS) is 15.8. The van der Waals surface area contributed by atoms with Crippen molar-refractivity contribution in [2.75, 3.05) is 0 Å². The maximum absolute atomic E-state index is 13.3. The lowest BCUT2D eigenvalue weighted by Gasteiger charge is -2.11. The maximum Gasteiger partial charge on any atom is 0.166 e. The maximum atomic E-state index is 13.3. The fourth-order valence-corrected chi connectivity index (χ4v) is 2.77. The van der Waals surface area contributed by atoms with Crippen molar-refractivity contribution in [2.45, 2.75) is 12.8 Å². The van der Waals surface area contributed by atoms with Gasteiger partial charge in [-0.15, -0.1) is 23.3 Å².